The molecule has 1 aliphatic rings. The molecule has 0 aliphatic carbocycles. The number of benzene rings is 1. The Balaban J connectivity index is 1.80. The molecule has 1 aromatic heterocycles. The Morgan fingerprint density at radius 2 is 2.23 bits per heavy atom. The number of hydrogen-bond donors (Lipinski definition) is 2. The second-order valence-corrected chi connectivity index (χ2v) is 6.53. The predicted molar refractivity (Wildman–Crippen MR) is 83.7 cm³/mol. The second-order valence-electron chi connectivity index (χ2n) is 6.53. The van der Waals surface area contributed by atoms with Crippen molar-refractivity contribution < 1.29 is 9.50 Å². The third kappa shape index (κ3) is 3.05. The number of aliphatic hydroxyl groups is 1. The van der Waals surface area contributed by atoms with Crippen LogP contribution in [0.25, 0.3) is 11.3 Å². The number of nitrogens with zero attached hydrogens (tertiary/aromatic N) is 2. The van der Waals surface area contributed by atoms with Gasteiger partial charge in [-0.25, -0.2) is 4.39 Å². The van der Waals surface area contributed by atoms with Crippen LogP contribution in [-0.2, 0) is 6.54 Å². The minimum Gasteiger partial charge on any atom is -0.396 e. The van der Waals surface area contributed by atoms with Crippen molar-refractivity contribution in [2.45, 2.75) is 26.3 Å². The molecule has 2 aromatic rings. The van der Waals surface area contributed by atoms with Gasteiger partial charge in [-0.2, -0.15) is 5.10 Å². The van der Waals surface area contributed by atoms with Gasteiger partial charge in [-0.05, 0) is 31.5 Å². The van der Waals surface area contributed by atoms with Crippen LogP contribution in [0.15, 0.2) is 30.5 Å². The van der Waals surface area contributed by atoms with Gasteiger partial charge in [0.1, 0.15) is 5.82 Å². The van der Waals surface area contributed by atoms with Crippen molar-refractivity contribution in [3.05, 3.63) is 41.8 Å². The van der Waals surface area contributed by atoms with Gasteiger partial charge in [-0.3, -0.25) is 10.00 Å². The molecule has 1 aromatic carbocycles. The van der Waals surface area contributed by atoms with E-state index in [1.54, 1.807) is 18.3 Å². The molecule has 1 fully saturated rings. The average Bonchev–Trinajstić information content (AvgIpc) is 2.96. The van der Waals surface area contributed by atoms with Crippen LogP contribution in [0, 0.1) is 11.2 Å². The zero-order valence-electron chi connectivity index (χ0n) is 12.8. The van der Waals surface area contributed by atoms with E-state index in [-0.39, 0.29) is 17.8 Å². The number of nitrogens with one attached hydrogen (secondary N) is 1. The molecule has 2 N–H and O–H groups in total. The van der Waals surface area contributed by atoms with Crippen LogP contribution in [0.3, 0.4) is 0 Å². The highest BCUT2D eigenvalue weighted by Gasteiger charge is 2.30. The molecule has 0 bridgehead atoms. The van der Waals surface area contributed by atoms with Crippen LogP contribution in [0.2, 0.25) is 0 Å². The van der Waals surface area contributed by atoms with Crippen LogP contribution >= 0.6 is 0 Å². The predicted octanol–water partition coefficient (Wildman–Crippen LogP) is 2.81. The highest BCUT2D eigenvalue weighted by atomic mass is 19.1. The summed E-state index contributed by atoms with van der Waals surface area (Å²) in [6.07, 6.45) is 3.89. The Morgan fingerprint density at radius 1 is 1.41 bits per heavy atom. The minimum absolute atomic E-state index is 0.0415. The number of H-pyrrole nitrogens is 1. The van der Waals surface area contributed by atoms with Gasteiger partial charge in [-0.15, -0.1) is 0 Å². The maximum atomic E-state index is 14.0. The average molecular weight is 303 g/mol. The summed E-state index contributed by atoms with van der Waals surface area (Å²) >= 11 is 0. The number of aliphatic hydroxyl groups excluding tert-OH is 1. The molecule has 0 amide bonds. The molecule has 0 saturated carbocycles. The van der Waals surface area contributed by atoms with Crippen molar-refractivity contribution in [3.63, 3.8) is 0 Å². The molecule has 1 unspecified atom stereocenters. The zero-order chi connectivity index (χ0) is 15.6. The number of piperidine rings is 1. The molecule has 5 heteroatoms. The van der Waals surface area contributed by atoms with Crippen molar-refractivity contribution in [3.8, 4) is 11.3 Å². The highest BCUT2D eigenvalue weighted by molar-refractivity contribution is 5.63. The van der Waals surface area contributed by atoms with Gasteiger partial charge < -0.3 is 5.11 Å². The van der Waals surface area contributed by atoms with Crippen LogP contribution < -0.4 is 0 Å². The summed E-state index contributed by atoms with van der Waals surface area (Å²) in [6.45, 7) is 4.89. The van der Waals surface area contributed by atoms with Crippen LogP contribution in [-0.4, -0.2) is 39.9 Å². The molecule has 1 aliphatic heterocycles. The number of likely N-dealkylation sites (tertiary alicyclic amines) is 1. The maximum absolute atomic E-state index is 14.0. The molecule has 0 radical (unpaired) electrons. The summed E-state index contributed by atoms with van der Waals surface area (Å²) in [6, 6.07) is 6.74. The van der Waals surface area contributed by atoms with Crippen molar-refractivity contribution in [2.75, 3.05) is 19.7 Å². The lowest BCUT2D eigenvalue weighted by Gasteiger charge is -2.39. The van der Waals surface area contributed by atoms with Crippen molar-refractivity contribution >= 4 is 0 Å². The van der Waals surface area contributed by atoms with Gasteiger partial charge >= 0.3 is 0 Å². The number of rotatable bonds is 4. The van der Waals surface area contributed by atoms with E-state index in [2.05, 4.69) is 22.0 Å². The monoisotopic (exact) mass is 303 g/mol. The lowest BCUT2D eigenvalue weighted by molar-refractivity contribution is 0.0430. The van der Waals surface area contributed by atoms with E-state index in [0.717, 1.165) is 43.7 Å². The van der Waals surface area contributed by atoms with E-state index >= 15 is 0 Å². The first-order valence-corrected chi connectivity index (χ1v) is 7.72. The second kappa shape index (κ2) is 6.18. The SMILES string of the molecule is CC1(CO)CCCN(Cc2cn[nH]c2-c2ccccc2F)C1. The Kier molecular flexibility index (Phi) is 4.27. The molecule has 3 rings (SSSR count). The molecular weight excluding hydrogens is 281 g/mol. The summed E-state index contributed by atoms with van der Waals surface area (Å²) in [4.78, 5) is 2.31. The smallest absolute Gasteiger partial charge is 0.132 e. The number of hydrogen-bond acceptors (Lipinski definition) is 3. The van der Waals surface area contributed by atoms with E-state index in [4.69, 9.17) is 0 Å². The molecule has 0 spiro atoms. The summed E-state index contributed by atoms with van der Waals surface area (Å²) < 4.78 is 14.0. The Labute approximate surface area is 130 Å². The quantitative estimate of drug-likeness (QED) is 0.913. The van der Waals surface area contributed by atoms with Gasteiger partial charge in [0.05, 0.1) is 11.9 Å². The Bertz CT molecular complexity index is 642. The number of halogens is 1. The summed E-state index contributed by atoms with van der Waals surface area (Å²) in [5, 5.41) is 16.6. The number of aromatic nitrogens is 2. The summed E-state index contributed by atoms with van der Waals surface area (Å²) in [7, 11) is 0. The standard InChI is InChI=1S/C17H22FN3O/c1-17(12-22)7-4-8-21(11-17)10-13-9-19-20-16(13)14-5-2-3-6-15(14)18/h2-3,5-6,9,22H,4,7-8,10-12H2,1H3,(H,19,20). The van der Waals surface area contributed by atoms with Gasteiger partial charge in [0.2, 0.25) is 0 Å². The molecule has 118 valence electrons. The maximum Gasteiger partial charge on any atom is 0.132 e. The van der Waals surface area contributed by atoms with Crippen molar-refractivity contribution in [2.24, 2.45) is 5.41 Å². The van der Waals surface area contributed by atoms with E-state index < -0.39 is 0 Å². The lowest BCUT2D eigenvalue weighted by Crippen LogP contribution is -2.43. The van der Waals surface area contributed by atoms with E-state index in [0.29, 0.717) is 5.56 Å². The topological polar surface area (TPSA) is 52.1 Å². The van der Waals surface area contributed by atoms with E-state index in [9.17, 15) is 9.50 Å². The molecule has 22 heavy (non-hydrogen) atoms. The zero-order valence-corrected chi connectivity index (χ0v) is 12.8. The van der Waals surface area contributed by atoms with Gasteiger partial charge in [0.15, 0.2) is 0 Å². The molecule has 1 atom stereocenters. The third-order valence-electron chi connectivity index (χ3n) is 4.50. The molecule has 4 nitrogen and oxygen atoms in total. The van der Waals surface area contributed by atoms with Crippen LogP contribution in [0.5, 0.6) is 0 Å². The van der Waals surface area contributed by atoms with Gasteiger partial charge in [-0.1, -0.05) is 19.1 Å². The van der Waals surface area contributed by atoms with Gasteiger partial charge in [0.25, 0.3) is 0 Å². The largest absolute Gasteiger partial charge is 0.396 e. The first kappa shape index (κ1) is 15.2. The Hall–Kier alpha value is -1.72. The first-order chi connectivity index (χ1) is 10.6. The normalized spacial score (nSPS) is 22.9. The highest BCUT2D eigenvalue weighted by Crippen LogP contribution is 2.31. The molecule has 1 saturated heterocycles. The minimum atomic E-state index is -0.244. The fourth-order valence-electron chi connectivity index (χ4n) is 3.26. The van der Waals surface area contributed by atoms with Crippen LogP contribution in [0.4, 0.5) is 4.39 Å². The van der Waals surface area contributed by atoms with E-state index in [1.165, 1.54) is 6.07 Å². The summed E-state index contributed by atoms with van der Waals surface area (Å²) in [5.41, 5.74) is 2.25. The van der Waals surface area contributed by atoms with Crippen molar-refractivity contribution in [1.82, 2.24) is 15.1 Å². The third-order valence-corrected chi connectivity index (χ3v) is 4.50. The molecular formula is C17H22FN3O. The fraction of sp³-hybridized carbons (Fsp3) is 0.471. The Morgan fingerprint density at radius 3 is 3.00 bits per heavy atom. The summed E-state index contributed by atoms with van der Waals surface area (Å²) in [5.74, 6) is -0.244. The van der Waals surface area contributed by atoms with Crippen LogP contribution in [0.1, 0.15) is 25.3 Å². The fourth-order valence-corrected chi connectivity index (χ4v) is 3.26. The van der Waals surface area contributed by atoms with E-state index in [1.807, 2.05) is 6.07 Å². The van der Waals surface area contributed by atoms with Gasteiger partial charge in [0, 0.05) is 36.2 Å². The first-order valence-electron chi connectivity index (χ1n) is 7.72. The van der Waals surface area contributed by atoms with Crippen molar-refractivity contribution in [1.29, 1.82) is 0 Å². The molecule has 2 heterocycles. The number of aromatic amines is 1. The lowest BCUT2D eigenvalue weighted by atomic mass is 9.82.